The smallest absolute Gasteiger partial charge is 0.147 e. The lowest BCUT2D eigenvalue weighted by atomic mass is 10.4. The Hall–Kier alpha value is -0.880. The molecule has 0 spiro atoms. The second-order valence-corrected chi connectivity index (χ2v) is 6.16. The average molecular weight is 245 g/mol. The fourth-order valence-corrected chi connectivity index (χ4v) is 2.09. The van der Waals surface area contributed by atoms with Crippen molar-refractivity contribution >= 4 is 9.84 Å². The fraction of sp³-hybridized carbons (Fsp3) is 0.700. The summed E-state index contributed by atoms with van der Waals surface area (Å²) >= 11 is 0. The number of imidazole rings is 1. The van der Waals surface area contributed by atoms with E-state index in [4.69, 9.17) is 0 Å². The van der Waals surface area contributed by atoms with E-state index in [0.29, 0.717) is 6.42 Å². The second kappa shape index (κ2) is 6.00. The van der Waals surface area contributed by atoms with Crippen LogP contribution in [0.2, 0.25) is 0 Å². The van der Waals surface area contributed by atoms with Gasteiger partial charge in [0.15, 0.2) is 0 Å². The van der Waals surface area contributed by atoms with E-state index >= 15 is 0 Å². The number of aryl methyl sites for hydroxylation is 1. The van der Waals surface area contributed by atoms with Gasteiger partial charge in [0, 0.05) is 31.7 Å². The summed E-state index contributed by atoms with van der Waals surface area (Å²) in [4.78, 5) is 4.12. The van der Waals surface area contributed by atoms with Crippen LogP contribution < -0.4 is 5.32 Å². The third-order valence-corrected chi connectivity index (χ3v) is 3.35. The van der Waals surface area contributed by atoms with Crippen molar-refractivity contribution in [3.05, 3.63) is 18.2 Å². The highest BCUT2D eigenvalue weighted by Crippen LogP contribution is 1.93. The molecule has 0 aliphatic rings. The van der Waals surface area contributed by atoms with E-state index in [-0.39, 0.29) is 5.75 Å². The molecule has 1 rings (SSSR count). The lowest BCUT2D eigenvalue weighted by Gasteiger charge is -2.06. The van der Waals surface area contributed by atoms with Crippen LogP contribution in [-0.4, -0.2) is 43.1 Å². The maximum atomic E-state index is 10.9. The van der Waals surface area contributed by atoms with E-state index in [1.54, 1.807) is 6.20 Å². The minimum Gasteiger partial charge on any atom is -0.334 e. The summed E-state index contributed by atoms with van der Waals surface area (Å²) < 4.78 is 23.8. The van der Waals surface area contributed by atoms with Gasteiger partial charge in [-0.2, -0.15) is 0 Å². The van der Waals surface area contributed by atoms with Crippen molar-refractivity contribution in [2.24, 2.45) is 0 Å². The molecule has 0 aromatic carbocycles. The van der Waals surface area contributed by atoms with Crippen LogP contribution in [0.3, 0.4) is 0 Å². The minimum absolute atomic E-state index is 0.254. The molecule has 0 unspecified atom stereocenters. The molecule has 0 atom stereocenters. The molecule has 1 aromatic rings. The molecule has 0 aliphatic carbocycles. The van der Waals surface area contributed by atoms with Crippen LogP contribution >= 0.6 is 0 Å². The van der Waals surface area contributed by atoms with Crippen LogP contribution in [0.4, 0.5) is 0 Å². The number of aromatic nitrogens is 2. The van der Waals surface area contributed by atoms with E-state index in [0.717, 1.165) is 25.5 Å². The maximum absolute atomic E-state index is 10.9. The Labute approximate surface area is 96.8 Å². The summed E-state index contributed by atoms with van der Waals surface area (Å²) in [6.45, 7) is 4.40. The summed E-state index contributed by atoms with van der Waals surface area (Å²) in [6, 6.07) is 0. The van der Waals surface area contributed by atoms with Gasteiger partial charge in [-0.15, -0.1) is 0 Å². The molecule has 92 valence electrons. The molecule has 0 radical (unpaired) electrons. The van der Waals surface area contributed by atoms with Gasteiger partial charge in [0.05, 0.1) is 5.75 Å². The van der Waals surface area contributed by atoms with Crippen LogP contribution in [0.25, 0.3) is 0 Å². The molecule has 1 heterocycles. The van der Waals surface area contributed by atoms with Crippen LogP contribution in [0.1, 0.15) is 12.2 Å². The Morgan fingerprint density at radius 3 is 2.75 bits per heavy atom. The van der Waals surface area contributed by atoms with E-state index in [2.05, 4.69) is 14.9 Å². The van der Waals surface area contributed by atoms with E-state index < -0.39 is 9.84 Å². The molecular formula is C10H19N3O2S. The number of hydrogen-bond donors (Lipinski definition) is 1. The first-order valence-corrected chi connectivity index (χ1v) is 7.41. The van der Waals surface area contributed by atoms with Crippen molar-refractivity contribution in [2.75, 3.05) is 25.1 Å². The highest BCUT2D eigenvalue weighted by Gasteiger charge is 2.00. The van der Waals surface area contributed by atoms with Gasteiger partial charge in [-0.3, -0.25) is 0 Å². The van der Waals surface area contributed by atoms with Crippen molar-refractivity contribution in [2.45, 2.75) is 19.9 Å². The molecule has 16 heavy (non-hydrogen) atoms. The van der Waals surface area contributed by atoms with Crippen molar-refractivity contribution in [3.63, 3.8) is 0 Å². The van der Waals surface area contributed by atoms with Gasteiger partial charge < -0.3 is 9.88 Å². The normalized spacial score (nSPS) is 11.9. The van der Waals surface area contributed by atoms with Gasteiger partial charge in [0.1, 0.15) is 15.7 Å². The topological polar surface area (TPSA) is 64.0 Å². The molecule has 6 heteroatoms. The lowest BCUT2D eigenvalue weighted by molar-refractivity contribution is 0.575. The first-order valence-electron chi connectivity index (χ1n) is 5.35. The first kappa shape index (κ1) is 13.2. The fourth-order valence-electron chi connectivity index (χ4n) is 1.42. The predicted octanol–water partition coefficient (Wildman–Crippen LogP) is 0.216. The zero-order valence-corrected chi connectivity index (χ0v) is 10.6. The van der Waals surface area contributed by atoms with Crippen LogP contribution in [0, 0.1) is 6.92 Å². The summed E-state index contributed by atoms with van der Waals surface area (Å²) in [5, 5.41) is 3.21. The van der Waals surface area contributed by atoms with Gasteiger partial charge in [-0.25, -0.2) is 13.4 Å². The molecule has 0 saturated heterocycles. The summed E-state index contributed by atoms with van der Waals surface area (Å²) in [5.74, 6) is 1.25. The number of nitrogens with zero attached hydrogens (tertiary/aromatic N) is 2. The van der Waals surface area contributed by atoms with Crippen molar-refractivity contribution < 1.29 is 8.42 Å². The van der Waals surface area contributed by atoms with Gasteiger partial charge >= 0.3 is 0 Å². The minimum atomic E-state index is -2.82. The summed E-state index contributed by atoms with van der Waals surface area (Å²) in [5.41, 5.74) is 0. The quantitative estimate of drug-likeness (QED) is 0.698. The Morgan fingerprint density at radius 2 is 2.19 bits per heavy atom. The number of sulfone groups is 1. The van der Waals surface area contributed by atoms with Crippen molar-refractivity contribution in [1.82, 2.24) is 14.9 Å². The van der Waals surface area contributed by atoms with Gasteiger partial charge in [0.25, 0.3) is 0 Å². The zero-order valence-electron chi connectivity index (χ0n) is 9.81. The molecule has 1 aromatic heterocycles. The maximum Gasteiger partial charge on any atom is 0.147 e. The van der Waals surface area contributed by atoms with E-state index in [1.165, 1.54) is 6.26 Å². The molecule has 1 N–H and O–H groups in total. The van der Waals surface area contributed by atoms with E-state index in [9.17, 15) is 8.42 Å². The molecule has 0 fully saturated rings. The molecule has 0 amide bonds. The highest BCUT2D eigenvalue weighted by atomic mass is 32.2. The van der Waals surface area contributed by atoms with Crippen LogP contribution in [0.15, 0.2) is 12.4 Å². The number of hydrogen-bond acceptors (Lipinski definition) is 4. The highest BCUT2D eigenvalue weighted by molar-refractivity contribution is 7.90. The number of nitrogens with one attached hydrogen (secondary N) is 1. The second-order valence-electron chi connectivity index (χ2n) is 3.90. The lowest BCUT2D eigenvalue weighted by Crippen LogP contribution is -2.22. The van der Waals surface area contributed by atoms with Crippen LogP contribution in [0.5, 0.6) is 0 Å². The summed E-state index contributed by atoms with van der Waals surface area (Å²) in [6.07, 6.45) is 5.65. The Bertz CT molecular complexity index is 411. The molecule has 0 aliphatic heterocycles. The predicted molar refractivity (Wildman–Crippen MR) is 64.2 cm³/mol. The molecule has 0 saturated carbocycles. The third-order valence-electron chi connectivity index (χ3n) is 2.32. The van der Waals surface area contributed by atoms with Gasteiger partial charge in [0.2, 0.25) is 0 Å². The Morgan fingerprint density at radius 1 is 1.44 bits per heavy atom. The average Bonchev–Trinajstić information content (AvgIpc) is 2.56. The zero-order chi connectivity index (χ0) is 12.0. The van der Waals surface area contributed by atoms with E-state index in [1.807, 2.05) is 13.1 Å². The van der Waals surface area contributed by atoms with Crippen LogP contribution in [-0.2, 0) is 16.4 Å². The van der Waals surface area contributed by atoms with Gasteiger partial charge in [-0.1, -0.05) is 0 Å². The third kappa shape index (κ3) is 5.27. The van der Waals surface area contributed by atoms with Crippen molar-refractivity contribution in [1.29, 1.82) is 0 Å². The standard InChI is InChI=1S/C10H19N3O2S/c1-10-12-6-8-13(10)7-5-11-4-3-9-16(2,14)15/h6,8,11H,3-5,7,9H2,1-2H3. The van der Waals surface area contributed by atoms with Gasteiger partial charge in [-0.05, 0) is 19.9 Å². The molecule has 5 nitrogen and oxygen atoms in total. The number of rotatable bonds is 7. The largest absolute Gasteiger partial charge is 0.334 e. The molecule has 0 bridgehead atoms. The SMILES string of the molecule is Cc1nccn1CCNCCCS(C)(=O)=O. The monoisotopic (exact) mass is 245 g/mol. The molecular weight excluding hydrogens is 226 g/mol. The Balaban J connectivity index is 2.07. The first-order chi connectivity index (χ1) is 7.49. The Kier molecular flexibility index (Phi) is 4.95. The summed E-state index contributed by atoms with van der Waals surface area (Å²) in [7, 11) is -2.82. The van der Waals surface area contributed by atoms with Crippen molar-refractivity contribution in [3.8, 4) is 0 Å².